The Morgan fingerprint density at radius 2 is 1.59 bits per heavy atom. The van der Waals surface area contributed by atoms with Gasteiger partial charge in [0.15, 0.2) is 0 Å². The molecule has 0 aromatic heterocycles. The van der Waals surface area contributed by atoms with E-state index >= 15 is 0 Å². The topological polar surface area (TPSA) is 124 Å². The molecule has 0 aliphatic carbocycles. The molecular weight excluding hydrogens is 697 g/mol. The van der Waals surface area contributed by atoms with Crippen molar-refractivity contribution < 1.29 is 29.4 Å². The normalized spacial score (nSPS) is 10.4. The lowest BCUT2D eigenvalue weighted by molar-refractivity contribution is -0.137. The summed E-state index contributed by atoms with van der Waals surface area (Å²) in [7, 11) is 0. The number of aliphatic carboxylic acids is 1. The van der Waals surface area contributed by atoms with Crippen LogP contribution in [0.1, 0.15) is 43.5 Å². The fraction of sp³-hybridized carbons (Fsp3) is 0.375. The van der Waals surface area contributed by atoms with Gasteiger partial charge in [-0.15, -0.1) is 0 Å². The first kappa shape index (κ1) is 24.3. The zero-order chi connectivity index (χ0) is 20.9. The van der Waals surface area contributed by atoms with Gasteiger partial charge in [0.2, 0.25) is 11.8 Å². The number of aromatic carboxylic acids is 1. The van der Waals surface area contributed by atoms with Crippen LogP contribution in [-0.4, -0.2) is 40.5 Å². The van der Waals surface area contributed by atoms with E-state index in [1.165, 1.54) is 11.8 Å². The lowest BCUT2D eigenvalue weighted by Gasteiger charge is -2.26. The summed E-state index contributed by atoms with van der Waals surface area (Å²) < 4.78 is 1.31. The Morgan fingerprint density at radius 1 is 1.00 bits per heavy atom. The van der Waals surface area contributed by atoms with E-state index in [0.29, 0.717) is 28.6 Å². The highest BCUT2D eigenvalue weighted by Crippen LogP contribution is 2.40. The number of carboxylic acids is 2. The Balaban J connectivity index is 3.44. The summed E-state index contributed by atoms with van der Waals surface area (Å²) in [6.07, 6.45) is 0.0339. The van der Waals surface area contributed by atoms with E-state index in [-0.39, 0.29) is 30.7 Å². The van der Waals surface area contributed by atoms with Crippen molar-refractivity contribution in [3.63, 3.8) is 0 Å². The van der Waals surface area contributed by atoms with Crippen molar-refractivity contribution >= 4 is 103 Å². The minimum absolute atomic E-state index is 0.00662. The molecule has 0 aliphatic rings. The van der Waals surface area contributed by atoms with Crippen molar-refractivity contribution in [1.82, 2.24) is 0 Å². The molecule has 0 aliphatic heterocycles. The average molecular weight is 714 g/mol. The first-order valence-electron chi connectivity index (χ1n) is 7.76. The van der Waals surface area contributed by atoms with Crippen LogP contribution in [0.5, 0.6) is 0 Å². The molecule has 27 heavy (non-hydrogen) atoms. The summed E-state index contributed by atoms with van der Waals surface area (Å²) in [5, 5.41) is 21.0. The summed E-state index contributed by atoms with van der Waals surface area (Å²) in [5.41, 5.74) is 0.751. The minimum Gasteiger partial charge on any atom is -0.481 e. The first-order chi connectivity index (χ1) is 12.5. The van der Waals surface area contributed by atoms with Crippen LogP contribution in [0.15, 0.2) is 0 Å². The minimum atomic E-state index is -1.16. The van der Waals surface area contributed by atoms with Crippen molar-refractivity contribution in [2.75, 3.05) is 16.8 Å². The number of rotatable bonds is 8. The molecule has 0 heterocycles. The molecule has 8 nitrogen and oxygen atoms in total. The van der Waals surface area contributed by atoms with Gasteiger partial charge in [0, 0.05) is 26.3 Å². The molecule has 0 spiro atoms. The van der Waals surface area contributed by atoms with Crippen LogP contribution in [0.2, 0.25) is 0 Å². The van der Waals surface area contributed by atoms with Gasteiger partial charge in [-0.25, -0.2) is 4.79 Å². The predicted octanol–water partition coefficient (Wildman–Crippen LogP) is 3.76. The van der Waals surface area contributed by atoms with Crippen molar-refractivity contribution in [2.45, 2.75) is 33.1 Å². The number of carboxylic acid groups (broad SMARTS) is 2. The summed E-state index contributed by atoms with van der Waals surface area (Å²) in [6, 6.07) is 0. The maximum atomic E-state index is 12.2. The van der Waals surface area contributed by atoms with Crippen LogP contribution < -0.4 is 10.2 Å². The highest BCUT2D eigenvalue weighted by Gasteiger charge is 2.28. The van der Waals surface area contributed by atoms with Crippen molar-refractivity contribution in [3.05, 3.63) is 16.3 Å². The molecule has 1 rings (SSSR count). The molecule has 0 bridgehead atoms. The molecule has 0 fully saturated rings. The van der Waals surface area contributed by atoms with Crippen molar-refractivity contribution in [2.24, 2.45) is 0 Å². The maximum absolute atomic E-state index is 12.2. The molecule has 0 saturated heterocycles. The monoisotopic (exact) mass is 714 g/mol. The quantitative estimate of drug-likeness (QED) is 0.353. The van der Waals surface area contributed by atoms with Crippen LogP contribution >= 0.6 is 67.8 Å². The Morgan fingerprint density at radius 3 is 2.04 bits per heavy atom. The van der Waals surface area contributed by atoms with Gasteiger partial charge in [0.1, 0.15) is 0 Å². The molecule has 1 aromatic carbocycles. The van der Waals surface area contributed by atoms with Crippen LogP contribution in [-0.2, 0) is 14.4 Å². The number of carbonyl (C=O) groups excluding carboxylic acids is 2. The smallest absolute Gasteiger partial charge is 0.338 e. The largest absolute Gasteiger partial charge is 0.481 e. The number of benzene rings is 1. The number of carbonyl (C=O) groups is 4. The van der Waals surface area contributed by atoms with E-state index in [1.807, 2.05) is 67.8 Å². The molecule has 0 unspecified atom stereocenters. The van der Waals surface area contributed by atoms with Gasteiger partial charge in [-0.1, -0.05) is 0 Å². The Labute approximate surface area is 196 Å². The molecule has 0 atom stereocenters. The molecule has 0 radical (unpaired) electrons. The third-order valence-electron chi connectivity index (χ3n) is 3.53. The molecule has 0 saturated carbocycles. The second-order valence-electron chi connectivity index (χ2n) is 5.40. The molecule has 11 heteroatoms. The molecule has 1 aromatic rings. The van der Waals surface area contributed by atoms with Gasteiger partial charge in [-0.3, -0.25) is 14.4 Å². The third kappa shape index (κ3) is 6.13. The van der Waals surface area contributed by atoms with Gasteiger partial charge < -0.3 is 20.4 Å². The number of halogens is 3. The summed E-state index contributed by atoms with van der Waals surface area (Å²) in [5.74, 6) is -2.81. The number of hydrogen-bond acceptors (Lipinski definition) is 4. The van der Waals surface area contributed by atoms with Gasteiger partial charge in [0.25, 0.3) is 0 Å². The van der Waals surface area contributed by atoms with Crippen LogP contribution in [0.4, 0.5) is 11.4 Å². The highest BCUT2D eigenvalue weighted by atomic mass is 127. The lowest BCUT2D eigenvalue weighted by Crippen LogP contribution is -2.31. The predicted molar refractivity (Wildman–Crippen MR) is 125 cm³/mol. The van der Waals surface area contributed by atoms with Crippen molar-refractivity contribution in [3.8, 4) is 0 Å². The van der Waals surface area contributed by atoms with E-state index in [2.05, 4.69) is 5.32 Å². The number of hydrogen-bond donors (Lipinski definition) is 3. The van der Waals surface area contributed by atoms with Gasteiger partial charge in [-0.05, 0) is 81.1 Å². The van der Waals surface area contributed by atoms with Gasteiger partial charge in [-0.2, -0.15) is 0 Å². The van der Waals surface area contributed by atoms with E-state index in [0.717, 1.165) is 0 Å². The maximum Gasteiger partial charge on any atom is 0.338 e. The van der Waals surface area contributed by atoms with Gasteiger partial charge >= 0.3 is 11.9 Å². The lowest BCUT2D eigenvalue weighted by atomic mass is 10.1. The average Bonchev–Trinajstić information content (AvgIpc) is 2.54. The fourth-order valence-electron chi connectivity index (χ4n) is 2.33. The molecule has 148 valence electrons. The van der Waals surface area contributed by atoms with Crippen molar-refractivity contribution in [1.29, 1.82) is 0 Å². The Bertz CT molecular complexity index is 797. The SMILES string of the molecule is CCN(C(C)=O)c1c(I)c(NC(=O)CCCC(=O)O)c(I)c(C(=O)O)c1I. The summed E-state index contributed by atoms with van der Waals surface area (Å²) >= 11 is 5.73. The standard InChI is InChI=1S/C16H17I3N2O6/c1-3-21(7(2)22)15-12(18)10(16(26)27)11(17)14(13(15)19)20-8(23)5-4-6-9(24)25/h3-6H2,1-2H3,(H,20,23)(H,24,25)(H,26,27). The number of nitrogens with one attached hydrogen (secondary N) is 1. The Kier molecular flexibility index (Phi) is 9.67. The molecular formula is C16H17I3N2O6. The van der Waals surface area contributed by atoms with Crippen LogP contribution in [0.3, 0.4) is 0 Å². The third-order valence-corrected chi connectivity index (χ3v) is 6.71. The first-order valence-corrected chi connectivity index (χ1v) is 11.0. The number of amides is 2. The zero-order valence-corrected chi connectivity index (χ0v) is 20.9. The van der Waals surface area contributed by atoms with E-state index in [9.17, 15) is 24.3 Å². The highest BCUT2D eigenvalue weighted by molar-refractivity contribution is 14.1. The van der Waals surface area contributed by atoms with E-state index in [1.54, 1.807) is 6.92 Å². The molecule has 3 N–H and O–H groups in total. The molecule has 2 amide bonds. The van der Waals surface area contributed by atoms with E-state index in [4.69, 9.17) is 5.11 Å². The Hall–Kier alpha value is -0.710. The van der Waals surface area contributed by atoms with Gasteiger partial charge in [0.05, 0.1) is 27.6 Å². The number of nitrogens with zero attached hydrogens (tertiary/aromatic N) is 1. The second-order valence-corrected chi connectivity index (χ2v) is 8.64. The van der Waals surface area contributed by atoms with Crippen LogP contribution in [0, 0.1) is 10.7 Å². The van der Waals surface area contributed by atoms with E-state index < -0.39 is 17.8 Å². The summed E-state index contributed by atoms with van der Waals surface area (Å²) in [4.78, 5) is 48.0. The summed E-state index contributed by atoms with van der Waals surface area (Å²) in [6.45, 7) is 3.50. The zero-order valence-electron chi connectivity index (χ0n) is 14.4. The van der Waals surface area contributed by atoms with Crippen LogP contribution in [0.25, 0.3) is 0 Å². The fourth-order valence-corrected chi connectivity index (χ4v) is 6.81. The second kappa shape index (κ2) is 10.7. The number of anilines is 2.